The molecule has 0 radical (unpaired) electrons. The van der Waals surface area contributed by atoms with E-state index in [0.29, 0.717) is 36.2 Å². The van der Waals surface area contributed by atoms with Gasteiger partial charge in [0.2, 0.25) is 10.0 Å². The number of thiocarbonyl (C=S) groups is 1. The summed E-state index contributed by atoms with van der Waals surface area (Å²) in [5, 5.41) is 4.05. The number of halogens is 3. The average Bonchev–Trinajstić information content (AvgIpc) is 3.29. The molecule has 3 fully saturated rings. The lowest BCUT2D eigenvalue weighted by Gasteiger charge is -2.37. The number of hydrogen-bond acceptors (Lipinski definition) is 3. The number of hydrogen-bond donors (Lipinski definition) is 1. The lowest BCUT2D eigenvalue weighted by molar-refractivity contribution is 0.257. The third-order valence-electron chi connectivity index (χ3n) is 6.19. The van der Waals surface area contributed by atoms with Crippen LogP contribution in [0.1, 0.15) is 25.7 Å². The van der Waals surface area contributed by atoms with Crippen molar-refractivity contribution < 1.29 is 21.6 Å². The van der Waals surface area contributed by atoms with E-state index in [-0.39, 0.29) is 13.1 Å². The Labute approximate surface area is 167 Å². The molecule has 1 aliphatic heterocycles. The van der Waals surface area contributed by atoms with Crippen molar-refractivity contribution in [2.24, 2.45) is 11.8 Å². The minimum absolute atomic E-state index is 0.0965. The number of nitrogens with zero attached hydrogens (tertiary/aromatic N) is 2. The number of piperazine rings is 1. The molecular weight excluding hydrogens is 411 g/mol. The van der Waals surface area contributed by atoms with Crippen molar-refractivity contribution in [2.45, 2.75) is 36.6 Å². The normalized spacial score (nSPS) is 28.0. The van der Waals surface area contributed by atoms with Crippen LogP contribution in [-0.4, -0.2) is 55.0 Å². The summed E-state index contributed by atoms with van der Waals surface area (Å²) in [4.78, 5) is 1.07. The highest BCUT2D eigenvalue weighted by Crippen LogP contribution is 2.44. The summed E-state index contributed by atoms with van der Waals surface area (Å²) >= 11 is 5.50. The zero-order valence-electron chi connectivity index (χ0n) is 15.2. The fourth-order valence-corrected chi connectivity index (χ4v) is 6.46. The fourth-order valence-electron chi connectivity index (χ4n) is 4.65. The molecule has 0 aromatic heterocycles. The van der Waals surface area contributed by atoms with Gasteiger partial charge in [0.15, 0.2) is 22.6 Å². The zero-order valence-corrected chi connectivity index (χ0v) is 16.8. The number of fused-ring (bicyclic) bond motifs is 2. The van der Waals surface area contributed by atoms with Gasteiger partial charge >= 0.3 is 0 Å². The standard InChI is InChI=1S/C18H22F3N3O2S2/c19-13-3-4-15(17(21)16(13)20)28(25,26)24-7-5-23(6-8-24)18(27)22-14-10-11-1-2-12(14)9-11/h3-4,11-12,14H,1-2,5-10H2,(H,22,27)/t11-,12+,14-/m1/s1. The lowest BCUT2D eigenvalue weighted by Crippen LogP contribution is -2.55. The molecule has 2 bridgehead atoms. The molecule has 3 atom stereocenters. The third kappa shape index (κ3) is 3.50. The van der Waals surface area contributed by atoms with E-state index in [2.05, 4.69) is 5.32 Å². The van der Waals surface area contributed by atoms with Crippen molar-refractivity contribution in [1.82, 2.24) is 14.5 Å². The summed E-state index contributed by atoms with van der Waals surface area (Å²) in [5.74, 6) is -3.43. The van der Waals surface area contributed by atoms with Crippen molar-refractivity contribution in [3.05, 3.63) is 29.6 Å². The van der Waals surface area contributed by atoms with Gasteiger partial charge in [0.05, 0.1) is 0 Å². The monoisotopic (exact) mass is 433 g/mol. The molecule has 10 heteroatoms. The Morgan fingerprint density at radius 3 is 2.36 bits per heavy atom. The molecule has 2 aliphatic carbocycles. The van der Waals surface area contributed by atoms with Crippen molar-refractivity contribution in [2.75, 3.05) is 26.2 Å². The van der Waals surface area contributed by atoms with E-state index in [9.17, 15) is 21.6 Å². The topological polar surface area (TPSA) is 52.7 Å². The Kier molecular flexibility index (Phi) is 5.30. The van der Waals surface area contributed by atoms with Crippen LogP contribution < -0.4 is 5.32 Å². The van der Waals surface area contributed by atoms with Gasteiger partial charge in [0.25, 0.3) is 0 Å². The second-order valence-corrected chi connectivity index (χ2v) is 10.1. The van der Waals surface area contributed by atoms with Gasteiger partial charge in [-0.15, -0.1) is 0 Å². The molecule has 0 amide bonds. The summed E-state index contributed by atoms with van der Waals surface area (Å²) < 4.78 is 66.9. The van der Waals surface area contributed by atoms with Gasteiger partial charge in [-0.2, -0.15) is 4.31 Å². The van der Waals surface area contributed by atoms with Crippen LogP contribution in [0.15, 0.2) is 17.0 Å². The van der Waals surface area contributed by atoms with Gasteiger partial charge in [-0.25, -0.2) is 21.6 Å². The van der Waals surface area contributed by atoms with E-state index in [0.717, 1.165) is 22.7 Å². The van der Waals surface area contributed by atoms with Crippen LogP contribution in [0, 0.1) is 29.3 Å². The first-order chi connectivity index (χ1) is 13.3. The molecule has 5 nitrogen and oxygen atoms in total. The first kappa shape index (κ1) is 19.9. The molecule has 1 heterocycles. The summed E-state index contributed by atoms with van der Waals surface area (Å²) in [6.45, 7) is 0.910. The van der Waals surface area contributed by atoms with E-state index in [1.54, 1.807) is 0 Å². The molecule has 1 aromatic carbocycles. The zero-order chi connectivity index (χ0) is 20.1. The van der Waals surface area contributed by atoms with Crippen LogP contribution in [-0.2, 0) is 10.0 Å². The highest BCUT2D eigenvalue weighted by molar-refractivity contribution is 7.89. The van der Waals surface area contributed by atoms with E-state index < -0.39 is 32.4 Å². The summed E-state index contributed by atoms with van der Waals surface area (Å²) in [6, 6.07) is 1.77. The second kappa shape index (κ2) is 7.46. The SMILES string of the molecule is O=S(=O)(c1ccc(F)c(F)c1F)N1CCN(C(=S)N[C@@H]2C[C@@H]3CC[C@H]2C3)CC1. The predicted octanol–water partition coefficient (Wildman–Crippen LogP) is 2.47. The van der Waals surface area contributed by atoms with Crippen molar-refractivity contribution in [3.8, 4) is 0 Å². The van der Waals surface area contributed by atoms with E-state index in [1.807, 2.05) is 4.90 Å². The second-order valence-electron chi connectivity index (χ2n) is 7.80. The molecule has 3 aliphatic rings. The van der Waals surface area contributed by atoms with Crippen LogP contribution in [0.2, 0.25) is 0 Å². The Hall–Kier alpha value is -1.39. The number of rotatable bonds is 3. The van der Waals surface area contributed by atoms with Crippen LogP contribution in [0.4, 0.5) is 13.2 Å². The van der Waals surface area contributed by atoms with Crippen molar-refractivity contribution in [3.63, 3.8) is 0 Å². The van der Waals surface area contributed by atoms with Gasteiger partial charge < -0.3 is 10.2 Å². The van der Waals surface area contributed by atoms with Crippen LogP contribution in [0.5, 0.6) is 0 Å². The molecule has 154 valence electrons. The van der Waals surface area contributed by atoms with Crippen LogP contribution >= 0.6 is 12.2 Å². The van der Waals surface area contributed by atoms with Crippen LogP contribution in [0.25, 0.3) is 0 Å². The molecule has 0 spiro atoms. The number of sulfonamides is 1. The first-order valence-corrected chi connectivity index (χ1v) is 11.3. The quantitative estimate of drug-likeness (QED) is 0.586. The maximum Gasteiger partial charge on any atom is 0.246 e. The molecule has 4 rings (SSSR count). The Balaban J connectivity index is 1.38. The molecule has 1 saturated heterocycles. The number of benzene rings is 1. The Morgan fingerprint density at radius 2 is 1.75 bits per heavy atom. The van der Waals surface area contributed by atoms with E-state index in [1.165, 1.54) is 19.3 Å². The molecule has 1 N–H and O–H groups in total. The highest BCUT2D eigenvalue weighted by Gasteiger charge is 2.40. The van der Waals surface area contributed by atoms with Gasteiger partial charge in [-0.1, -0.05) is 6.42 Å². The molecule has 1 aromatic rings. The van der Waals surface area contributed by atoms with Gasteiger partial charge in [0.1, 0.15) is 4.90 Å². The van der Waals surface area contributed by atoms with Crippen molar-refractivity contribution in [1.29, 1.82) is 0 Å². The Bertz CT molecular complexity index is 888. The minimum Gasteiger partial charge on any atom is -0.360 e. The largest absolute Gasteiger partial charge is 0.360 e. The summed E-state index contributed by atoms with van der Waals surface area (Å²) in [5.41, 5.74) is 0. The van der Waals surface area contributed by atoms with Gasteiger partial charge in [-0.05, 0) is 55.4 Å². The predicted molar refractivity (Wildman–Crippen MR) is 102 cm³/mol. The Morgan fingerprint density at radius 1 is 1.04 bits per heavy atom. The van der Waals surface area contributed by atoms with Gasteiger partial charge in [-0.3, -0.25) is 0 Å². The average molecular weight is 434 g/mol. The summed E-state index contributed by atoms with van der Waals surface area (Å²) in [6.07, 6.45) is 4.92. The lowest BCUT2D eigenvalue weighted by atomic mass is 9.95. The molecule has 0 unspecified atom stereocenters. The third-order valence-corrected chi connectivity index (χ3v) is 8.48. The molecule has 28 heavy (non-hydrogen) atoms. The summed E-state index contributed by atoms with van der Waals surface area (Å²) in [7, 11) is -4.25. The fraction of sp³-hybridized carbons (Fsp3) is 0.611. The maximum absolute atomic E-state index is 14.0. The van der Waals surface area contributed by atoms with Crippen molar-refractivity contribution >= 4 is 27.4 Å². The smallest absolute Gasteiger partial charge is 0.246 e. The van der Waals surface area contributed by atoms with Crippen LogP contribution in [0.3, 0.4) is 0 Å². The minimum atomic E-state index is -4.25. The highest BCUT2D eigenvalue weighted by atomic mass is 32.2. The number of nitrogens with one attached hydrogen (secondary N) is 1. The van der Waals surface area contributed by atoms with Gasteiger partial charge in [0, 0.05) is 32.2 Å². The molecular formula is C18H22F3N3O2S2. The van der Waals surface area contributed by atoms with E-state index in [4.69, 9.17) is 12.2 Å². The maximum atomic E-state index is 14.0. The first-order valence-electron chi connectivity index (χ1n) is 9.46. The van der Waals surface area contributed by atoms with E-state index >= 15 is 0 Å². The molecule has 2 saturated carbocycles.